The first-order chi connectivity index (χ1) is 7.50. The molecule has 0 atom stereocenters. The second kappa shape index (κ2) is 5.88. The van der Waals surface area contributed by atoms with Crippen LogP contribution in [0.5, 0.6) is 0 Å². The van der Waals surface area contributed by atoms with Gasteiger partial charge in [0.05, 0.1) is 0 Å². The van der Waals surface area contributed by atoms with Crippen molar-refractivity contribution in [3.05, 3.63) is 23.9 Å². The summed E-state index contributed by atoms with van der Waals surface area (Å²) in [6.07, 6.45) is 1.90. The summed E-state index contributed by atoms with van der Waals surface area (Å²) in [4.78, 5) is 4.36. The van der Waals surface area contributed by atoms with E-state index in [2.05, 4.69) is 51.0 Å². The summed E-state index contributed by atoms with van der Waals surface area (Å²) in [6, 6.07) is 4.14. The minimum absolute atomic E-state index is 0.697. The van der Waals surface area contributed by atoms with Gasteiger partial charge in [-0.3, -0.25) is 0 Å². The van der Waals surface area contributed by atoms with Gasteiger partial charge in [-0.2, -0.15) is 0 Å². The molecular formula is C14H24N2. The van der Waals surface area contributed by atoms with Crippen LogP contribution >= 0.6 is 0 Å². The summed E-state index contributed by atoms with van der Waals surface area (Å²) in [6.45, 7) is 12.2. The Hall–Kier alpha value is -1.05. The monoisotopic (exact) mass is 220 g/mol. The normalized spacial score (nSPS) is 11.5. The molecule has 1 aromatic rings. The van der Waals surface area contributed by atoms with Crippen molar-refractivity contribution in [1.29, 1.82) is 0 Å². The molecule has 1 aromatic heterocycles. The number of nitrogens with one attached hydrogen (secondary N) is 1. The Labute approximate surface area is 99.5 Å². The highest BCUT2D eigenvalue weighted by Crippen LogP contribution is 2.20. The zero-order valence-electron chi connectivity index (χ0n) is 11.1. The van der Waals surface area contributed by atoms with E-state index in [-0.39, 0.29) is 0 Å². The van der Waals surface area contributed by atoms with Crippen LogP contribution in [0.3, 0.4) is 0 Å². The van der Waals surface area contributed by atoms with Crippen LogP contribution in [0.1, 0.15) is 33.3 Å². The molecule has 0 saturated carbocycles. The van der Waals surface area contributed by atoms with Gasteiger partial charge in [0.15, 0.2) is 0 Å². The molecule has 0 radical (unpaired) electrons. The molecule has 90 valence electrons. The van der Waals surface area contributed by atoms with Crippen LogP contribution in [0.25, 0.3) is 0 Å². The molecule has 1 rings (SSSR count). The first kappa shape index (κ1) is 13.0. The maximum Gasteiger partial charge on any atom is 0.125 e. The smallest absolute Gasteiger partial charge is 0.125 e. The molecule has 0 aromatic carbocycles. The summed E-state index contributed by atoms with van der Waals surface area (Å²) in [5, 5.41) is 3.42. The van der Waals surface area contributed by atoms with Gasteiger partial charge in [-0.1, -0.05) is 33.8 Å². The third kappa shape index (κ3) is 3.84. The van der Waals surface area contributed by atoms with Gasteiger partial charge in [0.1, 0.15) is 5.82 Å². The average Bonchev–Trinajstić information content (AvgIpc) is 2.20. The lowest BCUT2D eigenvalue weighted by Crippen LogP contribution is -2.24. The van der Waals surface area contributed by atoms with E-state index in [1.165, 1.54) is 5.56 Å². The van der Waals surface area contributed by atoms with Gasteiger partial charge < -0.3 is 5.32 Å². The topological polar surface area (TPSA) is 24.9 Å². The Bertz CT molecular complexity index is 293. The second-order valence-corrected chi connectivity index (χ2v) is 5.25. The summed E-state index contributed by atoms with van der Waals surface area (Å²) in [7, 11) is 0. The fourth-order valence-electron chi connectivity index (χ4n) is 2.04. The van der Waals surface area contributed by atoms with Crippen LogP contribution in [0, 0.1) is 24.7 Å². The summed E-state index contributed by atoms with van der Waals surface area (Å²) in [5.41, 5.74) is 1.20. The molecule has 2 heteroatoms. The van der Waals surface area contributed by atoms with Crippen LogP contribution in [0.15, 0.2) is 18.3 Å². The largest absolute Gasteiger partial charge is 0.370 e. The fraction of sp³-hybridized carbons (Fsp3) is 0.643. The van der Waals surface area contributed by atoms with Crippen molar-refractivity contribution < 1.29 is 0 Å². The number of anilines is 1. The van der Waals surface area contributed by atoms with E-state index in [0.29, 0.717) is 17.8 Å². The summed E-state index contributed by atoms with van der Waals surface area (Å²) in [5.74, 6) is 3.09. The lowest BCUT2D eigenvalue weighted by atomic mass is 9.85. The highest BCUT2D eigenvalue weighted by Gasteiger charge is 2.16. The Kier molecular flexibility index (Phi) is 4.78. The Morgan fingerprint density at radius 3 is 2.19 bits per heavy atom. The van der Waals surface area contributed by atoms with Crippen molar-refractivity contribution in [2.24, 2.45) is 17.8 Å². The number of rotatable bonds is 5. The lowest BCUT2D eigenvalue weighted by Gasteiger charge is -2.25. The Balaban J connectivity index is 2.52. The zero-order valence-corrected chi connectivity index (χ0v) is 11.1. The molecule has 0 aliphatic carbocycles. The van der Waals surface area contributed by atoms with E-state index in [1.807, 2.05) is 12.3 Å². The standard InChI is InChI=1S/C14H24N2/c1-10(2)13(11(3)4)9-16-14-7-6-12(5)8-15-14/h6-8,10-11,13H,9H2,1-5H3,(H,15,16). The molecule has 0 aliphatic rings. The Morgan fingerprint density at radius 1 is 1.12 bits per heavy atom. The van der Waals surface area contributed by atoms with Crippen LogP contribution in [0.4, 0.5) is 5.82 Å². The SMILES string of the molecule is Cc1ccc(NCC(C(C)C)C(C)C)nc1. The number of hydrogen-bond acceptors (Lipinski definition) is 2. The zero-order chi connectivity index (χ0) is 12.1. The van der Waals surface area contributed by atoms with Crippen molar-refractivity contribution in [2.75, 3.05) is 11.9 Å². The van der Waals surface area contributed by atoms with E-state index in [9.17, 15) is 0 Å². The predicted octanol–water partition coefficient (Wildman–Crippen LogP) is 3.73. The van der Waals surface area contributed by atoms with Gasteiger partial charge in [-0.15, -0.1) is 0 Å². The van der Waals surface area contributed by atoms with Gasteiger partial charge >= 0.3 is 0 Å². The highest BCUT2D eigenvalue weighted by atomic mass is 15.0. The minimum Gasteiger partial charge on any atom is -0.370 e. The van der Waals surface area contributed by atoms with Crippen molar-refractivity contribution in [1.82, 2.24) is 4.98 Å². The number of nitrogens with zero attached hydrogens (tertiary/aromatic N) is 1. The molecule has 0 aliphatic heterocycles. The number of aryl methyl sites for hydroxylation is 1. The molecule has 0 saturated heterocycles. The number of pyridine rings is 1. The van der Waals surface area contributed by atoms with E-state index >= 15 is 0 Å². The van der Waals surface area contributed by atoms with Crippen LogP contribution < -0.4 is 5.32 Å². The van der Waals surface area contributed by atoms with Crippen molar-refractivity contribution in [3.63, 3.8) is 0 Å². The van der Waals surface area contributed by atoms with E-state index in [1.54, 1.807) is 0 Å². The number of hydrogen-bond donors (Lipinski definition) is 1. The maximum absolute atomic E-state index is 4.36. The average molecular weight is 220 g/mol. The van der Waals surface area contributed by atoms with Gasteiger partial charge in [0.25, 0.3) is 0 Å². The predicted molar refractivity (Wildman–Crippen MR) is 70.6 cm³/mol. The third-order valence-electron chi connectivity index (χ3n) is 3.14. The quantitative estimate of drug-likeness (QED) is 0.818. The molecule has 1 N–H and O–H groups in total. The van der Waals surface area contributed by atoms with Crippen LogP contribution in [-0.4, -0.2) is 11.5 Å². The molecule has 2 nitrogen and oxygen atoms in total. The highest BCUT2D eigenvalue weighted by molar-refractivity contribution is 5.35. The lowest BCUT2D eigenvalue weighted by molar-refractivity contribution is 0.304. The van der Waals surface area contributed by atoms with Gasteiger partial charge in [0.2, 0.25) is 0 Å². The van der Waals surface area contributed by atoms with Gasteiger partial charge in [-0.25, -0.2) is 4.98 Å². The van der Waals surface area contributed by atoms with Crippen LogP contribution in [-0.2, 0) is 0 Å². The number of aromatic nitrogens is 1. The third-order valence-corrected chi connectivity index (χ3v) is 3.14. The molecular weight excluding hydrogens is 196 g/mol. The van der Waals surface area contributed by atoms with E-state index in [0.717, 1.165) is 12.4 Å². The molecule has 0 bridgehead atoms. The Morgan fingerprint density at radius 2 is 1.75 bits per heavy atom. The van der Waals surface area contributed by atoms with Crippen molar-refractivity contribution in [2.45, 2.75) is 34.6 Å². The summed E-state index contributed by atoms with van der Waals surface area (Å²) >= 11 is 0. The first-order valence-corrected chi connectivity index (χ1v) is 6.17. The molecule has 0 amide bonds. The minimum atomic E-state index is 0.697. The van der Waals surface area contributed by atoms with Crippen molar-refractivity contribution in [3.8, 4) is 0 Å². The molecule has 0 spiro atoms. The fourth-order valence-corrected chi connectivity index (χ4v) is 2.04. The molecule has 0 fully saturated rings. The van der Waals surface area contributed by atoms with Gasteiger partial charge in [0, 0.05) is 12.7 Å². The molecule has 0 unspecified atom stereocenters. The summed E-state index contributed by atoms with van der Waals surface area (Å²) < 4.78 is 0. The van der Waals surface area contributed by atoms with E-state index in [4.69, 9.17) is 0 Å². The maximum atomic E-state index is 4.36. The van der Waals surface area contributed by atoms with Crippen LogP contribution in [0.2, 0.25) is 0 Å². The molecule has 1 heterocycles. The second-order valence-electron chi connectivity index (χ2n) is 5.25. The van der Waals surface area contributed by atoms with Crippen molar-refractivity contribution >= 4 is 5.82 Å². The van der Waals surface area contributed by atoms with Gasteiger partial charge in [-0.05, 0) is 36.3 Å². The van der Waals surface area contributed by atoms with E-state index < -0.39 is 0 Å². The first-order valence-electron chi connectivity index (χ1n) is 6.17. The molecule has 16 heavy (non-hydrogen) atoms.